The molecule has 0 aromatic heterocycles. The van der Waals surface area contributed by atoms with Crippen molar-refractivity contribution in [2.75, 3.05) is 14.2 Å². The second kappa shape index (κ2) is 6.15. The van der Waals surface area contributed by atoms with E-state index < -0.39 is 6.09 Å². The van der Waals surface area contributed by atoms with Gasteiger partial charge in [0.15, 0.2) is 11.5 Å². The molecule has 1 aromatic carbocycles. The molecule has 18 heavy (non-hydrogen) atoms. The van der Waals surface area contributed by atoms with Crippen LogP contribution in [0.4, 0.5) is 4.79 Å². The van der Waals surface area contributed by atoms with E-state index >= 15 is 0 Å². The Morgan fingerprint density at radius 3 is 2.56 bits per heavy atom. The first-order valence-corrected chi connectivity index (χ1v) is 4.94. The minimum Gasteiger partial charge on any atom is -0.493 e. The van der Waals surface area contributed by atoms with Crippen molar-refractivity contribution in [2.45, 2.75) is 0 Å². The quantitative estimate of drug-likeness (QED) is 0.793. The van der Waals surface area contributed by atoms with E-state index in [1.54, 1.807) is 18.2 Å². The predicted molar refractivity (Wildman–Crippen MR) is 64.3 cm³/mol. The lowest BCUT2D eigenvalue weighted by Gasteiger charge is -2.08. The zero-order chi connectivity index (χ0) is 13.5. The number of carboxylic acid groups (broad SMARTS) is 1. The first-order chi connectivity index (χ1) is 8.62. The minimum atomic E-state index is -1.23. The molecule has 0 saturated heterocycles. The molecule has 2 N–H and O–H groups in total. The van der Waals surface area contributed by atoms with Gasteiger partial charge in [0.2, 0.25) is 0 Å². The van der Waals surface area contributed by atoms with Crippen LogP contribution in [0.3, 0.4) is 0 Å². The summed E-state index contributed by atoms with van der Waals surface area (Å²) in [5.74, 6) is 0.996. The van der Waals surface area contributed by atoms with E-state index in [4.69, 9.17) is 19.8 Å². The van der Waals surface area contributed by atoms with Crippen LogP contribution in [0.1, 0.15) is 5.56 Å². The Kier molecular flexibility index (Phi) is 4.58. The fourth-order valence-corrected chi connectivity index (χ4v) is 1.32. The summed E-state index contributed by atoms with van der Waals surface area (Å²) in [6.45, 7) is 0. The summed E-state index contributed by atoms with van der Waals surface area (Å²) in [6.07, 6.45) is -0.118. The Morgan fingerprint density at radius 1 is 1.39 bits per heavy atom. The fourth-order valence-electron chi connectivity index (χ4n) is 1.32. The Balaban J connectivity index is 3.12. The van der Waals surface area contributed by atoms with Gasteiger partial charge in [-0.25, -0.2) is 4.79 Å². The highest BCUT2D eigenvalue weighted by molar-refractivity contribution is 5.80. The molecule has 0 spiro atoms. The summed E-state index contributed by atoms with van der Waals surface area (Å²) in [5.41, 5.74) is 0.710. The third-order valence-electron chi connectivity index (χ3n) is 2.15. The lowest BCUT2D eigenvalue weighted by molar-refractivity contribution is 0.198. The standard InChI is InChI=1S/C12H12N2O4/c1-17-10-4-3-8(5-11(10)18-2)9(6-13)7-14-12(15)16/h3-5,7,14H,1-2H3,(H,15,16)/b9-7+. The summed E-state index contributed by atoms with van der Waals surface area (Å²) in [4.78, 5) is 10.4. The Hall–Kier alpha value is -2.68. The van der Waals surface area contributed by atoms with Gasteiger partial charge in [0, 0.05) is 6.20 Å². The Labute approximate surface area is 104 Å². The van der Waals surface area contributed by atoms with E-state index in [0.29, 0.717) is 17.1 Å². The summed E-state index contributed by atoms with van der Waals surface area (Å²) in [7, 11) is 2.98. The molecule has 0 aliphatic rings. The predicted octanol–water partition coefficient (Wildman–Crippen LogP) is 1.84. The number of rotatable bonds is 4. The molecular formula is C12H12N2O4. The molecule has 0 heterocycles. The van der Waals surface area contributed by atoms with Crippen LogP contribution in [0.5, 0.6) is 11.5 Å². The number of nitrogens with zero attached hydrogens (tertiary/aromatic N) is 1. The highest BCUT2D eigenvalue weighted by Gasteiger charge is 2.08. The maximum Gasteiger partial charge on any atom is 0.408 e. The lowest BCUT2D eigenvalue weighted by Crippen LogP contribution is -2.13. The average molecular weight is 248 g/mol. The van der Waals surface area contributed by atoms with Gasteiger partial charge in [-0.3, -0.25) is 5.32 Å². The second-order valence-electron chi connectivity index (χ2n) is 3.19. The molecule has 94 valence electrons. The summed E-state index contributed by atoms with van der Waals surface area (Å²) < 4.78 is 10.2. The van der Waals surface area contributed by atoms with Crippen LogP contribution in [-0.2, 0) is 0 Å². The zero-order valence-corrected chi connectivity index (χ0v) is 9.93. The smallest absolute Gasteiger partial charge is 0.408 e. The molecule has 0 bridgehead atoms. The van der Waals surface area contributed by atoms with Crippen LogP contribution < -0.4 is 14.8 Å². The van der Waals surface area contributed by atoms with Crippen LogP contribution in [0.25, 0.3) is 5.57 Å². The molecule has 6 heteroatoms. The summed E-state index contributed by atoms with van der Waals surface area (Å²) in [6, 6.07) is 6.77. The average Bonchev–Trinajstić information content (AvgIpc) is 2.38. The topological polar surface area (TPSA) is 91.6 Å². The molecule has 0 aliphatic carbocycles. The highest BCUT2D eigenvalue weighted by atomic mass is 16.5. The van der Waals surface area contributed by atoms with E-state index in [2.05, 4.69) is 0 Å². The van der Waals surface area contributed by atoms with Crippen molar-refractivity contribution in [1.82, 2.24) is 5.32 Å². The lowest BCUT2D eigenvalue weighted by atomic mass is 10.1. The van der Waals surface area contributed by atoms with Crippen molar-refractivity contribution < 1.29 is 19.4 Å². The molecule has 0 saturated carbocycles. The molecule has 1 amide bonds. The molecule has 0 atom stereocenters. The summed E-state index contributed by atoms with van der Waals surface area (Å²) in [5, 5.41) is 19.5. The maximum atomic E-state index is 10.4. The van der Waals surface area contributed by atoms with Crippen molar-refractivity contribution in [3.63, 3.8) is 0 Å². The third kappa shape index (κ3) is 3.15. The van der Waals surface area contributed by atoms with Crippen molar-refractivity contribution in [3.8, 4) is 17.6 Å². The fraction of sp³-hybridized carbons (Fsp3) is 0.167. The molecule has 0 aliphatic heterocycles. The second-order valence-corrected chi connectivity index (χ2v) is 3.19. The molecular weight excluding hydrogens is 236 g/mol. The molecule has 6 nitrogen and oxygen atoms in total. The van der Waals surface area contributed by atoms with Crippen molar-refractivity contribution in [1.29, 1.82) is 5.26 Å². The number of hydrogen-bond donors (Lipinski definition) is 2. The third-order valence-corrected chi connectivity index (χ3v) is 2.15. The Bertz CT molecular complexity index is 517. The Morgan fingerprint density at radius 2 is 2.06 bits per heavy atom. The van der Waals surface area contributed by atoms with Crippen molar-refractivity contribution in [2.24, 2.45) is 0 Å². The van der Waals surface area contributed by atoms with E-state index in [0.717, 1.165) is 6.20 Å². The highest BCUT2D eigenvalue weighted by Crippen LogP contribution is 2.29. The van der Waals surface area contributed by atoms with Crippen LogP contribution in [0, 0.1) is 11.3 Å². The number of ether oxygens (including phenoxy) is 2. The van der Waals surface area contributed by atoms with Gasteiger partial charge in [0.25, 0.3) is 0 Å². The zero-order valence-electron chi connectivity index (χ0n) is 9.93. The van der Waals surface area contributed by atoms with E-state index in [1.165, 1.54) is 14.2 Å². The number of nitrogens with one attached hydrogen (secondary N) is 1. The molecule has 0 fully saturated rings. The number of nitriles is 1. The van der Waals surface area contributed by atoms with Crippen LogP contribution in [0.15, 0.2) is 24.4 Å². The first-order valence-electron chi connectivity index (χ1n) is 4.94. The van der Waals surface area contributed by atoms with E-state index in [1.807, 2.05) is 11.4 Å². The van der Waals surface area contributed by atoms with Crippen LogP contribution in [0.2, 0.25) is 0 Å². The van der Waals surface area contributed by atoms with Gasteiger partial charge in [-0.2, -0.15) is 5.26 Å². The number of hydrogen-bond acceptors (Lipinski definition) is 4. The number of carbonyl (C=O) groups is 1. The number of allylic oxidation sites excluding steroid dienone is 1. The minimum absolute atomic E-state index is 0.179. The SMILES string of the molecule is COc1ccc(/C(C#N)=C/NC(=O)O)cc1OC. The first kappa shape index (κ1) is 13.4. The summed E-state index contributed by atoms with van der Waals surface area (Å²) >= 11 is 0. The largest absolute Gasteiger partial charge is 0.493 e. The van der Waals surface area contributed by atoms with Gasteiger partial charge in [0.05, 0.1) is 19.8 Å². The molecule has 0 unspecified atom stereocenters. The number of amides is 1. The normalized spacial score (nSPS) is 10.4. The van der Waals surface area contributed by atoms with Gasteiger partial charge in [-0.15, -0.1) is 0 Å². The van der Waals surface area contributed by atoms with Gasteiger partial charge >= 0.3 is 6.09 Å². The molecule has 1 aromatic rings. The van der Waals surface area contributed by atoms with E-state index in [-0.39, 0.29) is 5.57 Å². The maximum absolute atomic E-state index is 10.4. The van der Waals surface area contributed by atoms with E-state index in [9.17, 15) is 4.79 Å². The number of benzene rings is 1. The monoisotopic (exact) mass is 248 g/mol. The van der Waals surface area contributed by atoms with Crippen molar-refractivity contribution >= 4 is 11.7 Å². The van der Waals surface area contributed by atoms with Gasteiger partial charge < -0.3 is 14.6 Å². The van der Waals surface area contributed by atoms with Crippen LogP contribution in [-0.4, -0.2) is 25.4 Å². The van der Waals surface area contributed by atoms with Gasteiger partial charge in [-0.05, 0) is 23.8 Å². The van der Waals surface area contributed by atoms with Crippen molar-refractivity contribution in [3.05, 3.63) is 30.0 Å². The van der Waals surface area contributed by atoms with Gasteiger partial charge in [0.1, 0.15) is 6.07 Å². The number of methoxy groups -OCH3 is 2. The van der Waals surface area contributed by atoms with Crippen LogP contribution >= 0.6 is 0 Å². The molecule has 0 radical (unpaired) electrons. The molecule has 1 rings (SSSR count). The van der Waals surface area contributed by atoms with Gasteiger partial charge in [-0.1, -0.05) is 0 Å².